The lowest BCUT2D eigenvalue weighted by Crippen LogP contribution is -2.49. The predicted molar refractivity (Wildman–Crippen MR) is 117 cm³/mol. The van der Waals surface area contributed by atoms with E-state index in [-0.39, 0.29) is 19.8 Å². The predicted octanol–water partition coefficient (Wildman–Crippen LogP) is 4.46. The van der Waals surface area contributed by atoms with Crippen molar-refractivity contribution in [3.63, 3.8) is 0 Å². The van der Waals surface area contributed by atoms with Crippen molar-refractivity contribution in [1.82, 2.24) is 10.9 Å². The zero-order valence-electron chi connectivity index (χ0n) is 17.1. The number of hydrazine groups is 1. The van der Waals surface area contributed by atoms with E-state index in [2.05, 4.69) is 10.9 Å². The van der Waals surface area contributed by atoms with E-state index in [9.17, 15) is 14.2 Å². The Hall–Kier alpha value is -2.58. The first kappa shape index (κ1) is 23.1. The highest BCUT2D eigenvalue weighted by atomic mass is 35.5. The summed E-state index contributed by atoms with van der Waals surface area (Å²) in [6.45, 7) is 3.73. The number of halogens is 1. The molecule has 0 bridgehead atoms. The Balaban J connectivity index is 1.75. The molecule has 166 valence electrons. The maximum absolute atomic E-state index is 12.9. The van der Waals surface area contributed by atoms with Gasteiger partial charge in [0.1, 0.15) is 11.9 Å². The summed E-state index contributed by atoms with van der Waals surface area (Å²) in [5.74, 6) is 0.337. The van der Waals surface area contributed by atoms with Crippen molar-refractivity contribution in [2.45, 2.75) is 20.4 Å². The van der Waals surface area contributed by atoms with Crippen LogP contribution >= 0.6 is 19.2 Å². The molecular weight excluding hydrogens is 445 g/mol. The van der Waals surface area contributed by atoms with Crippen LogP contribution in [0.5, 0.6) is 11.5 Å². The summed E-state index contributed by atoms with van der Waals surface area (Å²) < 4.78 is 28.6. The van der Waals surface area contributed by atoms with Crippen molar-refractivity contribution in [2.75, 3.05) is 24.3 Å². The van der Waals surface area contributed by atoms with Gasteiger partial charge in [-0.2, -0.15) is 0 Å². The molecule has 0 unspecified atom stereocenters. The first-order valence-electron chi connectivity index (χ1n) is 9.65. The summed E-state index contributed by atoms with van der Waals surface area (Å²) in [7, 11) is -3.59. The minimum Gasteiger partial charge on any atom is -0.455 e. The lowest BCUT2D eigenvalue weighted by molar-refractivity contribution is -0.119. The van der Waals surface area contributed by atoms with Gasteiger partial charge in [0, 0.05) is 10.6 Å². The molecule has 0 saturated heterocycles. The van der Waals surface area contributed by atoms with E-state index in [1.807, 2.05) is 18.2 Å². The maximum atomic E-state index is 12.9. The van der Waals surface area contributed by atoms with Crippen LogP contribution in [0.25, 0.3) is 0 Å². The van der Waals surface area contributed by atoms with E-state index >= 15 is 0 Å². The zero-order valence-corrected chi connectivity index (χ0v) is 18.7. The number of nitrogens with one attached hydrogen (secondary N) is 2. The lowest BCUT2D eigenvalue weighted by atomic mass is 10.2. The fourth-order valence-electron chi connectivity index (χ4n) is 3.00. The summed E-state index contributed by atoms with van der Waals surface area (Å²) in [5, 5.41) is 0.421. The molecule has 0 radical (unpaired) electrons. The Bertz CT molecular complexity index is 1010. The smallest absolute Gasteiger partial charge is 0.341 e. The second-order valence-electron chi connectivity index (χ2n) is 6.49. The fraction of sp³-hybridized carbons (Fsp3) is 0.300. The van der Waals surface area contributed by atoms with Gasteiger partial charge in [-0.1, -0.05) is 29.8 Å². The Labute approximate surface area is 185 Å². The van der Waals surface area contributed by atoms with Crippen LogP contribution in [0.1, 0.15) is 19.4 Å². The molecule has 1 aliphatic heterocycles. The first-order chi connectivity index (χ1) is 14.8. The number of urea groups is 1. The van der Waals surface area contributed by atoms with Crippen LogP contribution in [0, 0.1) is 0 Å². The van der Waals surface area contributed by atoms with E-state index in [0.29, 0.717) is 22.2 Å². The molecule has 31 heavy (non-hydrogen) atoms. The molecule has 0 spiro atoms. The molecule has 11 heteroatoms. The topological polar surface area (TPSA) is 106 Å². The number of hydrogen-bond donors (Lipinski definition) is 2. The van der Waals surface area contributed by atoms with Crippen LogP contribution in [0.15, 0.2) is 42.5 Å². The summed E-state index contributed by atoms with van der Waals surface area (Å²) >= 11 is 6.13. The average molecular weight is 468 g/mol. The summed E-state index contributed by atoms with van der Waals surface area (Å²) in [5.41, 5.74) is 5.80. The third kappa shape index (κ3) is 5.77. The van der Waals surface area contributed by atoms with E-state index in [1.54, 1.807) is 38.1 Å². The molecule has 9 nitrogen and oxygen atoms in total. The average Bonchev–Trinajstić information content (AvgIpc) is 2.88. The van der Waals surface area contributed by atoms with Crippen LogP contribution < -0.4 is 20.5 Å². The molecule has 3 rings (SSSR count). The van der Waals surface area contributed by atoms with Crippen LogP contribution in [0.3, 0.4) is 0 Å². The van der Waals surface area contributed by atoms with Gasteiger partial charge in [-0.25, -0.2) is 10.2 Å². The summed E-state index contributed by atoms with van der Waals surface area (Å²) in [6.07, 6.45) is -0.524. The van der Waals surface area contributed by atoms with Gasteiger partial charge < -0.3 is 13.8 Å². The van der Waals surface area contributed by atoms with Gasteiger partial charge in [0.05, 0.1) is 25.4 Å². The Morgan fingerprint density at radius 1 is 1.10 bits per heavy atom. The Morgan fingerprint density at radius 3 is 2.52 bits per heavy atom. The molecule has 1 heterocycles. The highest BCUT2D eigenvalue weighted by Crippen LogP contribution is 2.47. The number of hydrogen-bond acceptors (Lipinski definition) is 6. The van der Waals surface area contributed by atoms with E-state index in [1.165, 1.54) is 4.90 Å². The van der Waals surface area contributed by atoms with E-state index < -0.39 is 25.7 Å². The molecule has 2 N–H and O–H groups in total. The van der Waals surface area contributed by atoms with Gasteiger partial charge in [-0.3, -0.25) is 19.7 Å². The van der Waals surface area contributed by atoms with Gasteiger partial charge in [0.25, 0.3) is 5.91 Å². The third-order valence-corrected chi connectivity index (χ3v) is 6.49. The number of fused-ring (bicyclic) bond motifs is 2. The van der Waals surface area contributed by atoms with E-state index in [4.69, 9.17) is 25.4 Å². The number of carbonyl (C=O) groups excluding carboxylic acids is 2. The number of para-hydroxylation sites is 1. The monoisotopic (exact) mass is 467 g/mol. The minimum atomic E-state index is -3.59. The van der Waals surface area contributed by atoms with Crippen molar-refractivity contribution in [1.29, 1.82) is 0 Å². The molecule has 3 amide bonds. The first-order valence-corrected chi connectivity index (χ1v) is 11.8. The molecule has 2 aromatic carbocycles. The maximum Gasteiger partial charge on any atom is 0.341 e. The van der Waals surface area contributed by atoms with Crippen LogP contribution in [-0.4, -0.2) is 31.3 Å². The van der Waals surface area contributed by atoms with Crippen molar-refractivity contribution in [3.8, 4) is 11.5 Å². The van der Waals surface area contributed by atoms with Crippen molar-refractivity contribution >= 4 is 36.8 Å². The molecule has 0 saturated carbocycles. The lowest BCUT2D eigenvalue weighted by Gasteiger charge is -2.23. The van der Waals surface area contributed by atoms with Crippen LogP contribution in [0.2, 0.25) is 5.02 Å². The standard InChI is InChI=1S/C20H23ClN3O6P/c1-3-28-31(27,29-4-2)13-19(25)22-23-20(26)24-12-14-7-5-6-8-17(14)30-18-10-9-15(21)11-16(18)24/h5-11H,3-4,12-13H2,1-2H3,(H,22,25)(H,23,26). The number of nitrogens with zero attached hydrogens (tertiary/aromatic N) is 1. The second kappa shape index (κ2) is 10.2. The zero-order chi connectivity index (χ0) is 22.4. The van der Waals surface area contributed by atoms with Gasteiger partial charge >= 0.3 is 13.6 Å². The number of carbonyl (C=O) groups is 2. The Kier molecular flexibility index (Phi) is 7.56. The molecule has 0 fully saturated rings. The number of anilines is 1. The fourth-order valence-corrected chi connectivity index (χ4v) is 4.65. The quantitative estimate of drug-likeness (QED) is 0.480. The summed E-state index contributed by atoms with van der Waals surface area (Å²) in [4.78, 5) is 26.6. The Morgan fingerprint density at radius 2 is 1.81 bits per heavy atom. The van der Waals surface area contributed by atoms with Crippen molar-refractivity contribution < 1.29 is 27.9 Å². The van der Waals surface area contributed by atoms with Gasteiger partial charge in [0.2, 0.25) is 0 Å². The normalized spacial score (nSPS) is 12.8. The van der Waals surface area contributed by atoms with Crippen LogP contribution in [0.4, 0.5) is 10.5 Å². The van der Waals surface area contributed by atoms with Crippen molar-refractivity contribution in [3.05, 3.63) is 53.1 Å². The number of rotatable bonds is 6. The SMILES string of the molecule is CCOP(=O)(CC(=O)NNC(=O)N1Cc2ccccc2Oc2ccc(Cl)cc21)OCC. The van der Waals surface area contributed by atoms with Gasteiger partial charge in [-0.15, -0.1) is 0 Å². The number of benzene rings is 2. The molecule has 0 aromatic heterocycles. The molecule has 0 atom stereocenters. The molecule has 2 aromatic rings. The van der Waals surface area contributed by atoms with Crippen LogP contribution in [-0.2, 0) is 25.0 Å². The highest BCUT2D eigenvalue weighted by Gasteiger charge is 2.29. The number of ether oxygens (including phenoxy) is 1. The second-order valence-corrected chi connectivity index (χ2v) is 8.98. The minimum absolute atomic E-state index is 0.127. The molecular formula is C20H23ClN3O6P. The van der Waals surface area contributed by atoms with E-state index in [0.717, 1.165) is 5.56 Å². The van der Waals surface area contributed by atoms with Gasteiger partial charge in [0.15, 0.2) is 5.75 Å². The van der Waals surface area contributed by atoms with Gasteiger partial charge in [-0.05, 0) is 38.1 Å². The third-order valence-electron chi connectivity index (χ3n) is 4.28. The molecule has 1 aliphatic rings. The molecule has 0 aliphatic carbocycles. The number of amides is 3. The van der Waals surface area contributed by atoms with Crippen molar-refractivity contribution in [2.24, 2.45) is 0 Å². The largest absolute Gasteiger partial charge is 0.455 e. The highest BCUT2D eigenvalue weighted by molar-refractivity contribution is 7.54. The summed E-state index contributed by atoms with van der Waals surface area (Å²) in [6, 6.07) is 11.6.